The Morgan fingerprint density at radius 2 is 2.11 bits per heavy atom. The maximum absolute atomic E-state index is 11.8. The van der Waals surface area contributed by atoms with Gasteiger partial charge in [0.05, 0.1) is 10.9 Å². The number of halogens is 1. The molecule has 0 aliphatic carbocycles. The summed E-state index contributed by atoms with van der Waals surface area (Å²) in [6.07, 6.45) is 0.787. The summed E-state index contributed by atoms with van der Waals surface area (Å²) < 4.78 is 26.3. The first-order chi connectivity index (χ1) is 8.95. The van der Waals surface area contributed by atoms with Gasteiger partial charge in [-0.15, -0.1) is 11.3 Å². The quantitative estimate of drug-likeness (QED) is 0.604. The first-order valence-electron chi connectivity index (χ1n) is 5.62. The number of carbonyl (C=O) groups is 1. The van der Waals surface area contributed by atoms with Crippen molar-refractivity contribution in [3.63, 3.8) is 0 Å². The first-order valence-corrected chi connectivity index (χ1v) is 8.30. The smallest absolute Gasteiger partial charge is 0.250 e. The van der Waals surface area contributed by atoms with Gasteiger partial charge in [-0.1, -0.05) is 11.6 Å². The van der Waals surface area contributed by atoms with E-state index < -0.39 is 10.0 Å². The largest absolute Gasteiger partial charge is 0.355 e. The number of rotatable bonds is 8. The van der Waals surface area contributed by atoms with Crippen LogP contribution in [0.3, 0.4) is 0 Å². The Bertz CT molecular complexity index is 516. The van der Waals surface area contributed by atoms with Crippen LogP contribution in [0.2, 0.25) is 4.34 Å². The standard InChI is InChI=1S/C10H16ClN3O3S2/c1-12-5-2-6-13-9(15)7-14-19(16,17)10-4-3-8(11)18-10/h3-4,12,14H,2,5-7H2,1H3,(H,13,15). The van der Waals surface area contributed by atoms with Crippen LogP contribution in [0.1, 0.15) is 6.42 Å². The van der Waals surface area contributed by atoms with E-state index in [0.717, 1.165) is 24.3 Å². The van der Waals surface area contributed by atoms with Crippen molar-refractivity contribution in [1.29, 1.82) is 0 Å². The molecule has 108 valence electrons. The van der Waals surface area contributed by atoms with E-state index in [1.54, 1.807) is 0 Å². The molecule has 0 atom stereocenters. The first kappa shape index (κ1) is 16.4. The predicted molar refractivity (Wildman–Crippen MR) is 76.1 cm³/mol. The molecule has 1 rings (SSSR count). The SMILES string of the molecule is CNCCCNC(=O)CNS(=O)(=O)c1ccc(Cl)s1. The van der Waals surface area contributed by atoms with E-state index in [-0.39, 0.29) is 16.7 Å². The molecule has 0 aromatic carbocycles. The Balaban J connectivity index is 2.37. The maximum Gasteiger partial charge on any atom is 0.250 e. The van der Waals surface area contributed by atoms with E-state index in [1.807, 2.05) is 7.05 Å². The molecule has 0 radical (unpaired) electrons. The van der Waals surface area contributed by atoms with Crippen molar-refractivity contribution in [2.24, 2.45) is 0 Å². The van der Waals surface area contributed by atoms with Gasteiger partial charge in [0, 0.05) is 6.54 Å². The van der Waals surface area contributed by atoms with E-state index in [2.05, 4.69) is 15.4 Å². The van der Waals surface area contributed by atoms with Crippen LogP contribution in [0.5, 0.6) is 0 Å². The number of hydrogen-bond acceptors (Lipinski definition) is 5. The lowest BCUT2D eigenvalue weighted by Gasteiger charge is -2.06. The second-order valence-corrected chi connectivity index (χ2v) is 7.40. The Morgan fingerprint density at radius 1 is 1.37 bits per heavy atom. The summed E-state index contributed by atoms with van der Waals surface area (Å²) >= 11 is 6.61. The zero-order valence-corrected chi connectivity index (χ0v) is 12.8. The summed E-state index contributed by atoms with van der Waals surface area (Å²) in [5.41, 5.74) is 0. The van der Waals surface area contributed by atoms with Crippen LogP contribution >= 0.6 is 22.9 Å². The van der Waals surface area contributed by atoms with Crippen LogP contribution in [0.4, 0.5) is 0 Å². The predicted octanol–water partition coefficient (Wildman–Crippen LogP) is 0.406. The molecule has 0 saturated heterocycles. The molecule has 19 heavy (non-hydrogen) atoms. The molecule has 1 heterocycles. The minimum atomic E-state index is -3.66. The lowest BCUT2D eigenvalue weighted by molar-refractivity contribution is -0.119. The van der Waals surface area contributed by atoms with Crippen LogP contribution < -0.4 is 15.4 Å². The molecular formula is C10H16ClN3O3S2. The molecule has 9 heteroatoms. The Morgan fingerprint density at radius 3 is 2.68 bits per heavy atom. The van der Waals surface area contributed by atoms with Gasteiger partial charge in [0.15, 0.2) is 0 Å². The van der Waals surface area contributed by atoms with E-state index in [9.17, 15) is 13.2 Å². The molecule has 0 aliphatic rings. The number of nitrogens with one attached hydrogen (secondary N) is 3. The van der Waals surface area contributed by atoms with Crippen molar-refractivity contribution in [1.82, 2.24) is 15.4 Å². The average molecular weight is 326 g/mol. The highest BCUT2D eigenvalue weighted by atomic mass is 35.5. The van der Waals surface area contributed by atoms with Gasteiger partial charge in [0.2, 0.25) is 5.91 Å². The van der Waals surface area contributed by atoms with Gasteiger partial charge in [-0.25, -0.2) is 13.1 Å². The third-order valence-electron chi connectivity index (χ3n) is 2.16. The van der Waals surface area contributed by atoms with E-state index in [0.29, 0.717) is 10.9 Å². The lowest BCUT2D eigenvalue weighted by Crippen LogP contribution is -2.37. The molecule has 1 aromatic rings. The maximum atomic E-state index is 11.8. The third-order valence-corrected chi connectivity index (χ3v) is 5.29. The van der Waals surface area contributed by atoms with Gasteiger partial charge in [0.25, 0.3) is 10.0 Å². The fraction of sp³-hybridized carbons (Fsp3) is 0.500. The van der Waals surface area contributed by atoms with Crippen molar-refractivity contribution in [2.45, 2.75) is 10.6 Å². The van der Waals surface area contributed by atoms with Gasteiger partial charge in [-0.2, -0.15) is 0 Å². The Hall–Kier alpha value is -0.670. The minimum Gasteiger partial charge on any atom is -0.355 e. The van der Waals surface area contributed by atoms with E-state index in [1.165, 1.54) is 12.1 Å². The number of hydrogen-bond donors (Lipinski definition) is 3. The summed E-state index contributed by atoms with van der Waals surface area (Å²) in [4.78, 5) is 11.4. The van der Waals surface area contributed by atoms with Crippen LogP contribution in [0, 0.1) is 0 Å². The van der Waals surface area contributed by atoms with Crippen molar-refractivity contribution >= 4 is 38.9 Å². The molecular weight excluding hydrogens is 310 g/mol. The van der Waals surface area contributed by atoms with Gasteiger partial charge >= 0.3 is 0 Å². The minimum absolute atomic E-state index is 0.0977. The van der Waals surface area contributed by atoms with Crippen LogP contribution in [-0.2, 0) is 14.8 Å². The van der Waals surface area contributed by atoms with Crippen LogP contribution in [0.25, 0.3) is 0 Å². The molecule has 0 bridgehead atoms. The summed E-state index contributed by atoms with van der Waals surface area (Å²) in [7, 11) is -1.84. The van der Waals surface area contributed by atoms with Gasteiger partial charge in [-0.3, -0.25) is 4.79 Å². The third kappa shape index (κ3) is 5.87. The summed E-state index contributed by atoms with van der Waals surface area (Å²) in [6, 6.07) is 2.90. The number of carbonyl (C=O) groups excluding carboxylic acids is 1. The monoisotopic (exact) mass is 325 g/mol. The molecule has 0 aliphatic heterocycles. The lowest BCUT2D eigenvalue weighted by atomic mass is 10.4. The Labute approximate surface area is 121 Å². The van der Waals surface area contributed by atoms with Crippen molar-refractivity contribution in [2.75, 3.05) is 26.7 Å². The van der Waals surface area contributed by atoms with Crippen LogP contribution in [0.15, 0.2) is 16.3 Å². The highest BCUT2D eigenvalue weighted by Gasteiger charge is 2.17. The zero-order chi connectivity index (χ0) is 14.3. The van der Waals surface area contributed by atoms with Crippen LogP contribution in [-0.4, -0.2) is 41.0 Å². The van der Waals surface area contributed by atoms with Crippen molar-refractivity contribution < 1.29 is 13.2 Å². The average Bonchev–Trinajstić information content (AvgIpc) is 2.80. The highest BCUT2D eigenvalue weighted by molar-refractivity contribution is 7.91. The summed E-state index contributed by atoms with van der Waals surface area (Å²) in [5.74, 6) is -0.359. The number of amides is 1. The Kier molecular flexibility index (Phi) is 6.73. The fourth-order valence-electron chi connectivity index (χ4n) is 1.23. The highest BCUT2D eigenvalue weighted by Crippen LogP contribution is 2.25. The van der Waals surface area contributed by atoms with Gasteiger partial charge in [-0.05, 0) is 32.1 Å². The zero-order valence-electron chi connectivity index (χ0n) is 10.4. The molecule has 0 unspecified atom stereocenters. The molecule has 1 amide bonds. The second-order valence-electron chi connectivity index (χ2n) is 3.69. The summed E-state index contributed by atoms with van der Waals surface area (Å²) in [5, 5.41) is 5.57. The molecule has 0 fully saturated rings. The fourth-order valence-corrected chi connectivity index (χ4v) is 3.74. The normalized spacial score (nSPS) is 11.5. The molecule has 3 N–H and O–H groups in total. The number of sulfonamides is 1. The van der Waals surface area contributed by atoms with Crippen molar-refractivity contribution in [3.8, 4) is 0 Å². The topological polar surface area (TPSA) is 87.3 Å². The van der Waals surface area contributed by atoms with Gasteiger partial charge < -0.3 is 10.6 Å². The van der Waals surface area contributed by atoms with E-state index >= 15 is 0 Å². The molecule has 0 spiro atoms. The summed E-state index contributed by atoms with van der Waals surface area (Å²) in [6.45, 7) is 1.02. The van der Waals surface area contributed by atoms with E-state index in [4.69, 9.17) is 11.6 Å². The molecule has 1 aromatic heterocycles. The van der Waals surface area contributed by atoms with Crippen molar-refractivity contribution in [3.05, 3.63) is 16.5 Å². The second kappa shape index (κ2) is 7.81. The molecule has 6 nitrogen and oxygen atoms in total. The van der Waals surface area contributed by atoms with Gasteiger partial charge in [0.1, 0.15) is 4.21 Å². The number of thiophene rings is 1. The molecule has 0 saturated carbocycles.